The molecule has 1 fully saturated rings. The van der Waals surface area contributed by atoms with E-state index < -0.39 is 9.84 Å². The maximum absolute atomic E-state index is 12.9. The van der Waals surface area contributed by atoms with Crippen LogP contribution in [-0.4, -0.2) is 51.2 Å². The zero-order valence-electron chi connectivity index (χ0n) is 18.3. The van der Waals surface area contributed by atoms with E-state index in [1.54, 1.807) is 35.6 Å². The first kappa shape index (κ1) is 23.9. The first-order chi connectivity index (χ1) is 14.8. The molecule has 2 unspecified atom stereocenters. The molecule has 0 bridgehead atoms. The van der Waals surface area contributed by atoms with Gasteiger partial charge >= 0.3 is 0 Å². The van der Waals surface area contributed by atoms with Crippen molar-refractivity contribution in [2.45, 2.75) is 55.5 Å². The molecule has 1 aromatic carbocycles. The van der Waals surface area contributed by atoms with Crippen molar-refractivity contribution in [1.29, 1.82) is 0 Å². The Bertz CT molecular complexity index is 935. The van der Waals surface area contributed by atoms with Gasteiger partial charge in [0, 0.05) is 36.3 Å². The van der Waals surface area contributed by atoms with Crippen molar-refractivity contribution < 1.29 is 13.2 Å². The number of rotatable bonds is 9. The molecule has 1 aromatic heterocycles. The van der Waals surface area contributed by atoms with Gasteiger partial charge in [0.1, 0.15) is 0 Å². The van der Waals surface area contributed by atoms with E-state index in [4.69, 9.17) is 5.73 Å². The van der Waals surface area contributed by atoms with E-state index in [1.165, 1.54) is 11.1 Å². The fourth-order valence-electron chi connectivity index (χ4n) is 4.09. The SMILES string of the molecule is CCC(C(=O)NC1CCN(CCC(N)c2cccs2)CC1)c1ccc(S(C)(=O)=O)cc1. The summed E-state index contributed by atoms with van der Waals surface area (Å²) < 4.78 is 23.3. The van der Waals surface area contributed by atoms with Gasteiger partial charge in [-0.2, -0.15) is 0 Å². The number of piperidine rings is 1. The lowest BCUT2D eigenvalue weighted by Gasteiger charge is -2.33. The second-order valence-corrected chi connectivity index (χ2v) is 11.3. The van der Waals surface area contributed by atoms with E-state index in [0.29, 0.717) is 6.42 Å². The molecule has 0 aliphatic carbocycles. The molecule has 0 radical (unpaired) electrons. The third-order valence-electron chi connectivity index (χ3n) is 6.03. The Morgan fingerprint density at radius 2 is 1.90 bits per heavy atom. The van der Waals surface area contributed by atoms with E-state index >= 15 is 0 Å². The van der Waals surface area contributed by atoms with Crippen LogP contribution in [0.4, 0.5) is 0 Å². The highest BCUT2D eigenvalue weighted by Crippen LogP contribution is 2.24. The summed E-state index contributed by atoms with van der Waals surface area (Å²) in [5.74, 6) is -0.247. The number of nitrogens with two attached hydrogens (primary N) is 1. The minimum absolute atomic E-state index is 0.0211. The molecule has 8 heteroatoms. The van der Waals surface area contributed by atoms with Crippen LogP contribution in [0.3, 0.4) is 0 Å². The van der Waals surface area contributed by atoms with Gasteiger partial charge in [-0.1, -0.05) is 25.1 Å². The summed E-state index contributed by atoms with van der Waals surface area (Å²) in [7, 11) is -3.24. The zero-order chi connectivity index (χ0) is 22.4. The number of amides is 1. The zero-order valence-corrected chi connectivity index (χ0v) is 19.9. The van der Waals surface area contributed by atoms with Crippen molar-refractivity contribution in [2.24, 2.45) is 5.73 Å². The summed E-state index contributed by atoms with van der Waals surface area (Å²) in [5.41, 5.74) is 7.13. The van der Waals surface area contributed by atoms with Crippen LogP contribution in [0.1, 0.15) is 55.0 Å². The van der Waals surface area contributed by atoms with Crippen molar-refractivity contribution >= 4 is 27.1 Å². The summed E-state index contributed by atoms with van der Waals surface area (Å²) >= 11 is 1.71. The van der Waals surface area contributed by atoms with E-state index in [-0.39, 0.29) is 28.8 Å². The second-order valence-electron chi connectivity index (χ2n) is 8.34. The molecule has 1 aliphatic rings. The lowest BCUT2D eigenvalue weighted by molar-refractivity contribution is -0.123. The normalized spacial score (nSPS) is 17.9. The van der Waals surface area contributed by atoms with Crippen LogP contribution < -0.4 is 11.1 Å². The van der Waals surface area contributed by atoms with Crippen molar-refractivity contribution in [2.75, 3.05) is 25.9 Å². The van der Waals surface area contributed by atoms with Gasteiger partial charge in [-0.05, 0) is 61.4 Å². The van der Waals surface area contributed by atoms with Gasteiger partial charge in [-0.15, -0.1) is 11.3 Å². The fourth-order valence-corrected chi connectivity index (χ4v) is 5.48. The van der Waals surface area contributed by atoms with Crippen LogP contribution >= 0.6 is 11.3 Å². The largest absolute Gasteiger partial charge is 0.353 e. The lowest BCUT2D eigenvalue weighted by atomic mass is 9.94. The smallest absolute Gasteiger partial charge is 0.227 e. The quantitative estimate of drug-likeness (QED) is 0.595. The number of benzene rings is 1. The average molecular weight is 464 g/mol. The summed E-state index contributed by atoms with van der Waals surface area (Å²) in [5, 5.41) is 5.28. The third-order valence-corrected chi connectivity index (χ3v) is 8.17. The summed E-state index contributed by atoms with van der Waals surface area (Å²) in [6.45, 7) is 4.88. The van der Waals surface area contributed by atoms with Crippen molar-refractivity contribution in [3.8, 4) is 0 Å². The van der Waals surface area contributed by atoms with Crippen LogP contribution in [0.5, 0.6) is 0 Å². The molecule has 170 valence electrons. The number of thiophene rings is 1. The lowest BCUT2D eigenvalue weighted by Crippen LogP contribution is -2.46. The number of sulfone groups is 1. The Morgan fingerprint density at radius 1 is 1.23 bits per heavy atom. The molecule has 2 atom stereocenters. The number of hydrogen-bond donors (Lipinski definition) is 2. The predicted molar refractivity (Wildman–Crippen MR) is 126 cm³/mol. The molecule has 3 N–H and O–H groups in total. The predicted octanol–water partition coefficient (Wildman–Crippen LogP) is 3.32. The topological polar surface area (TPSA) is 92.5 Å². The number of carbonyl (C=O) groups excluding carboxylic acids is 1. The van der Waals surface area contributed by atoms with E-state index in [0.717, 1.165) is 44.5 Å². The Hall–Kier alpha value is -1.74. The van der Waals surface area contributed by atoms with Gasteiger partial charge in [0.15, 0.2) is 9.84 Å². The van der Waals surface area contributed by atoms with E-state index in [1.807, 2.05) is 13.0 Å². The molecule has 1 aliphatic heterocycles. The molecule has 2 aromatic rings. The number of nitrogens with zero attached hydrogens (tertiary/aromatic N) is 1. The average Bonchev–Trinajstić information content (AvgIpc) is 3.28. The van der Waals surface area contributed by atoms with Crippen LogP contribution in [-0.2, 0) is 14.6 Å². The van der Waals surface area contributed by atoms with Crippen LogP contribution in [0.15, 0.2) is 46.7 Å². The molecule has 31 heavy (non-hydrogen) atoms. The number of nitrogens with one attached hydrogen (secondary N) is 1. The van der Waals surface area contributed by atoms with Gasteiger partial charge in [0.05, 0.1) is 10.8 Å². The first-order valence-corrected chi connectivity index (χ1v) is 13.7. The van der Waals surface area contributed by atoms with E-state index in [2.05, 4.69) is 21.7 Å². The maximum Gasteiger partial charge on any atom is 0.227 e. The first-order valence-electron chi connectivity index (χ1n) is 10.9. The molecule has 1 saturated heterocycles. The minimum atomic E-state index is -3.24. The number of likely N-dealkylation sites (tertiary alicyclic amines) is 1. The van der Waals surface area contributed by atoms with Gasteiger partial charge in [-0.25, -0.2) is 8.42 Å². The standard InChI is InChI=1S/C23H33N3O3S2/c1-3-20(17-6-8-19(9-7-17)31(2,28)29)23(27)25-18-10-13-26(14-11-18)15-12-21(24)22-5-4-16-30-22/h4-9,16,18,20-21H,3,10-15,24H2,1-2H3,(H,25,27). The number of hydrogen-bond acceptors (Lipinski definition) is 6. The van der Waals surface area contributed by atoms with E-state index in [9.17, 15) is 13.2 Å². The summed E-state index contributed by atoms with van der Waals surface area (Å²) in [6, 6.07) is 11.1. The Labute approximate surface area is 189 Å². The number of carbonyl (C=O) groups is 1. The van der Waals surface area contributed by atoms with Gasteiger partial charge in [0.25, 0.3) is 0 Å². The maximum atomic E-state index is 12.9. The molecule has 6 nitrogen and oxygen atoms in total. The Balaban J connectivity index is 1.47. The monoisotopic (exact) mass is 463 g/mol. The van der Waals surface area contributed by atoms with Crippen LogP contribution in [0.2, 0.25) is 0 Å². The highest BCUT2D eigenvalue weighted by Gasteiger charge is 2.25. The van der Waals surface area contributed by atoms with Crippen LogP contribution in [0.25, 0.3) is 0 Å². The molecule has 0 spiro atoms. The van der Waals surface area contributed by atoms with Gasteiger partial charge < -0.3 is 16.0 Å². The molecule has 2 heterocycles. The highest BCUT2D eigenvalue weighted by molar-refractivity contribution is 7.90. The molecule has 0 saturated carbocycles. The van der Waals surface area contributed by atoms with Crippen molar-refractivity contribution in [3.63, 3.8) is 0 Å². The van der Waals surface area contributed by atoms with Crippen molar-refractivity contribution in [3.05, 3.63) is 52.2 Å². The molecular formula is C23H33N3O3S2. The molecular weight excluding hydrogens is 430 g/mol. The summed E-state index contributed by atoms with van der Waals surface area (Å²) in [4.78, 5) is 16.8. The van der Waals surface area contributed by atoms with Crippen LogP contribution in [0, 0.1) is 0 Å². The molecule has 3 rings (SSSR count). The summed E-state index contributed by atoms with van der Waals surface area (Å²) in [6.07, 6.45) is 4.67. The fraction of sp³-hybridized carbons (Fsp3) is 0.522. The Morgan fingerprint density at radius 3 is 2.45 bits per heavy atom. The highest BCUT2D eigenvalue weighted by atomic mass is 32.2. The molecule has 1 amide bonds. The van der Waals surface area contributed by atoms with Gasteiger partial charge in [-0.3, -0.25) is 4.79 Å². The third kappa shape index (κ3) is 6.62. The minimum Gasteiger partial charge on any atom is -0.353 e. The second kappa shape index (κ2) is 10.7. The van der Waals surface area contributed by atoms with Gasteiger partial charge in [0.2, 0.25) is 5.91 Å². The van der Waals surface area contributed by atoms with Crippen molar-refractivity contribution in [1.82, 2.24) is 10.2 Å². The Kier molecular flexibility index (Phi) is 8.27.